The van der Waals surface area contributed by atoms with Crippen molar-refractivity contribution in [3.8, 4) is 0 Å². The topological polar surface area (TPSA) is 59.3 Å². The molecule has 5 nitrogen and oxygen atoms in total. The first-order chi connectivity index (χ1) is 10.6. The Hall–Kier alpha value is -2.47. The van der Waals surface area contributed by atoms with E-state index in [1.807, 2.05) is 42.5 Å². The van der Waals surface area contributed by atoms with E-state index in [4.69, 9.17) is 0 Å². The third-order valence-corrected chi connectivity index (χ3v) is 3.77. The summed E-state index contributed by atoms with van der Waals surface area (Å²) in [5.41, 5.74) is 3.74. The van der Waals surface area contributed by atoms with Crippen molar-refractivity contribution in [1.82, 2.24) is 15.2 Å². The number of nitrogens with one attached hydrogen (secondary N) is 1. The molecule has 0 bridgehead atoms. The maximum Gasteiger partial charge on any atom is 0.293 e. The van der Waals surface area contributed by atoms with Crippen LogP contribution >= 0.6 is 15.9 Å². The summed E-state index contributed by atoms with van der Waals surface area (Å²) in [5, 5.41) is 10.3. The van der Waals surface area contributed by atoms with Crippen molar-refractivity contribution >= 4 is 38.8 Å². The molecule has 0 aliphatic rings. The molecule has 0 atom stereocenters. The second-order valence-corrected chi connectivity index (χ2v) is 5.62. The van der Waals surface area contributed by atoms with E-state index < -0.39 is 0 Å². The summed E-state index contributed by atoms with van der Waals surface area (Å²) in [6.07, 6.45) is 3.35. The van der Waals surface area contributed by atoms with Crippen LogP contribution in [0.25, 0.3) is 10.8 Å². The van der Waals surface area contributed by atoms with E-state index in [0.717, 1.165) is 16.3 Å². The SMILES string of the molecule is Cn1cc(Br)c(C(=O)NN=Cc2cccc3ccccc23)n1. The van der Waals surface area contributed by atoms with E-state index in [-0.39, 0.29) is 5.91 Å². The molecule has 1 aromatic heterocycles. The van der Waals surface area contributed by atoms with Crippen LogP contribution in [-0.4, -0.2) is 21.9 Å². The van der Waals surface area contributed by atoms with Gasteiger partial charge >= 0.3 is 0 Å². The number of aromatic nitrogens is 2. The van der Waals surface area contributed by atoms with Crippen LogP contribution in [0.4, 0.5) is 0 Å². The summed E-state index contributed by atoms with van der Waals surface area (Å²) in [5.74, 6) is -0.357. The normalized spacial score (nSPS) is 11.2. The minimum Gasteiger partial charge on any atom is -0.274 e. The second-order valence-electron chi connectivity index (χ2n) is 4.77. The van der Waals surface area contributed by atoms with Crippen LogP contribution in [0, 0.1) is 0 Å². The van der Waals surface area contributed by atoms with Crippen molar-refractivity contribution in [1.29, 1.82) is 0 Å². The van der Waals surface area contributed by atoms with Gasteiger partial charge in [0.1, 0.15) is 0 Å². The van der Waals surface area contributed by atoms with E-state index in [2.05, 4.69) is 31.6 Å². The first-order valence-electron chi connectivity index (χ1n) is 6.65. The number of hydrogen-bond acceptors (Lipinski definition) is 3. The fraction of sp³-hybridized carbons (Fsp3) is 0.0625. The predicted molar refractivity (Wildman–Crippen MR) is 89.9 cm³/mol. The molecule has 0 aliphatic heterocycles. The number of aryl methyl sites for hydroxylation is 1. The van der Waals surface area contributed by atoms with E-state index in [9.17, 15) is 4.79 Å². The third-order valence-electron chi connectivity index (χ3n) is 3.19. The molecular formula is C16H13BrN4O. The monoisotopic (exact) mass is 356 g/mol. The lowest BCUT2D eigenvalue weighted by molar-refractivity contribution is 0.0948. The van der Waals surface area contributed by atoms with Gasteiger partial charge in [-0.2, -0.15) is 10.2 Å². The summed E-state index contributed by atoms with van der Waals surface area (Å²) < 4.78 is 2.20. The van der Waals surface area contributed by atoms with Crippen LogP contribution in [-0.2, 0) is 7.05 Å². The molecule has 0 radical (unpaired) electrons. The molecule has 0 fully saturated rings. The fourth-order valence-corrected chi connectivity index (χ4v) is 2.75. The molecule has 110 valence electrons. The molecule has 1 heterocycles. The highest BCUT2D eigenvalue weighted by Gasteiger charge is 2.13. The molecule has 0 unspecified atom stereocenters. The Balaban J connectivity index is 1.79. The van der Waals surface area contributed by atoms with Gasteiger partial charge in [0.25, 0.3) is 5.91 Å². The van der Waals surface area contributed by atoms with Gasteiger partial charge in [-0.3, -0.25) is 9.48 Å². The van der Waals surface area contributed by atoms with Crippen LogP contribution < -0.4 is 5.43 Å². The Bertz CT molecular complexity index is 864. The number of benzene rings is 2. The van der Waals surface area contributed by atoms with Gasteiger partial charge in [-0.05, 0) is 26.7 Å². The van der Waals surface area contributed by atoms with Gasteiger partial charge in [-0.15, -0.1) is 0 Å². The van der Waals surface area contributed by atoms with E-state index in [1.165, 1.54) is 0 Å². The molecule has 6 heteroatoms. The molecule has 0 saturated heterocycles. The molecule has 0 saturated carbocycles. The lowest BCUT2D eigenvalue weighted by Gasteiger charge is -2.01. The van der Waals surface area contributed by atoms with E-state index >= 15 is 0 Å². The standard InChI is InChI=1S/C16H13BrN4O/c1-21-10-14(17)15(20-21)16(22)19-18-9-12-7-4-6-11-5-2-3-8-13(11)12/h2-10H,1H3,(H,19,22). The number of hydrazone groups is 1. The van der Waals surface area contributed by atoms with Crippen LogP contribution in [0.3, 0.4) is 0 Å². The van der Waals surface area contributed by atoms with Crippen molar-refractivity contribution in [3.05, 3.63) is 64.4 Å². The average molecular weight is 357 g/mol. The fourth-order valence-electron chi connectivity index (χ4n) is 2.19. The number of rotatable bonds is 3. The highest BCUT2D eigenvalue weighted by atomic mass is 79.9. The quantitative estimate of drug-likeness (QED) is 0.579. The molecular weight excluding hydrogens is 344 g/mol. The molecule has 3 aromatic rings. The first-order valence-corrected chi connectivity index (χ1v) is 7.45. The van der Waals surface area contributed by atoms with Crippen LogP contribution in [0.1, 0.15) is 16.1 Å². The minimum atomic E-state index is -0.357. The average Bonchev–Trinajstić information content (AvgIpc) is 2.86. The zero-order valence-electron chi connectivity index (χ0n) is 11.8. The Morgan fingerprint density at radius 1 is 1.27 bits per heavy atom. The molecule has 2 aromatic carbocycles. The van der Waals surface area contributed by atoms with Crippen LogP contribution in [0.15, 0.2) is 58.2 Å². The maximum atomic E-state index is 12.0. The third kappa shape index (κ3) is 2.92. The van der Waals surface area contributed by atoms with Gasteiger partial charge in [0, 0.05) is 18.8 Å². The van der Waals surface area contributed by atoms with Gasteiger partial charge in [-0.1, -0.05) is 42.5 Å². The highest BCUT2D eigenvalue weighted by Crippen LogP contribution is 2.17. The largest absolute Gasteiger partial charge is 0.293 e. The Kier molecular flexibility index (Phi) is 4.02. The smallest absolute Gasteiger partial charge is 0.274 e. The zero-order chi connectivity index (χ0) is 15.5. The summed E-state index contributed by atoms with van der Waals surface area (Å²) in [6.45, 7) is 0. The zero-order valence-corrected chi connectivity index (χ0v) is 13.4. The summed E-state index contributed by atoms with van der Waals surface area (Å²) >= 11 is 3.29. The highest BCUT2D eigenvalue weighted by molar-refractivity contribution is 9.10. The number of carbonyl (C=O) groups excluding carboxylic acids is 1. The van der Waals surface area contributed by atoms with E-state index in [1.54, 1.807) is 24.1 Å². The van der Waals surface area contributed by atoms with E-state index in [0.29, 0.717) is 10.2 Å². The number of fused-ring (bicyclic) bond motifs is 1. The molecule has 1 N–H and O–H groups in total. The van der Waals surface area contributed by atoms with Crippen molar-refractivity contribution in [2.45, 2.75) is 0 Å². The lowest BCUT2D eigenvalue weighted by Crippen LogP contribution is -2.19. The van der Waals surface area contributed by atoms with Crippen LogP contribution in [0.5, 0.6) is 0 Å². The second kappa shape index (κ2) is 6.11. The maximum absolute atomic E-state index is 12.0. The van der Waals surface area contributed by atoms with Gasteiger partial charge < -0.3 is 0 Å². The lowest BCUT2D eigenvalue weighted by atomic mass is 10.1. The van der Waals surface area contributed by atoms with Crippen molar-refractivity contribution in [3.63, 3.8) is 0 Å². The number of hydrogen-bond donors (Lipinski definition) is 1. The molecule has 0 spiro atoms. The van der Waals surface area contributed by atoms with Gasteiger partial charge in [0.05, 0.1) is 10.7 Å². The molecule has 1 amide bonds. The molecule has 22 heavy (non-hydrogen) atoms. The number of carbonyl (C=O) groups is 1. The first kappa shape index (κ1) is 14.5. The number of halogens is 1. The number of nitrogens with zero attached hydrogens (tertiary/aromatic N) is 3. The van der Waals surface area contributed by atoms with Crippen LogP contribution in [0.2, 0.25) is 0 Å². The minimum absolute atomic E-state index is 0.303. The Morgan fingerprint density at radius 2 is 2.05 bits per heavy atom. The van der Waals surface area contributed by atoms with Crippen molar-refractivity contribution in [2.24, 2.45) is 12.1 Å². The summed E-state index contributed by atoms with van der Waals surface area (Å²) in [4.78, 5) is 12.0. The van der Waals surface area contributed by atoms with Crippen molar-refractivity contribution < 1.29 is 4.79 Å². The Morgan fingerprint density at radius 3 is 2.82 bits per heavy atom. The van der Waals surface area contributed by atoms with Gasteiger partial charge in [-0.25, -0.2) is 5.43 Å². The van der Waals surface area contributed by atoms with Gasteiger partial charge in [0.15, 0.2) is 5.69 Å². The Labute approximate surface area is 135 Å². The predicted octanol–water partition coefficient (Wildman–Crippen LogP) is 3.10. The summed E-state index contributed by atoms with van der Waals surface area (Å²) in [6, 6.07) is 14.0. The molecule has 0 aliphatic carbocycles. The summed E-state index contributed by atoms with van der Waals surface area (Å²) in [7, 11) is 1.75. The number of amides is 1. The van der Waals surface area contributed by atoms with Gasteiger partial charge in [0.2, 0.25) is 0 Å². The van der Waals surface area contributed by atoms with Crippen molar-refractivity contribution in [2.75, 3.05) is 0 Å². The molecule has 3 rings (SSSR count).